The van der Waals surface area contributed by atoms with Gasteiger partial charge in [0.25, 0.3) is 0 Å². The zero-order chi connectivity index (χ0) is 4.50. The topological polar surface area (TPSA) is 34.1 Å². The molecule has 2 nitrogen and oxygen atoms in total. The first-order valence-electron chi connectivity index (χ1n) is 1.15. The molecule has 0 aliphatic carbocycles. The van der Waals surface area contributed by atoms with Crippen molar-refractivity contribution < 1.29 is 8.42 Å². The molecule has 0 radical (unpaired) electrons. The van der Waals surface area contributed by atoms with Crippen LogP contribution < -0.4 is 0 Å². The number of hydrogen-bond donors (Lipinski definition) is 0. The Hall–Kier alpha value is 0.680. The summed E-state index contributed by atoms with van der Waals surface area (Å²) >= 11 is 0. The van der Waals surface area contributed by atoms with Crippen LogP contribution in [0.25, 0.3) is 0 Å². The van der Waals surface area contributed by atoms with Crippen LogP contribution >= 0.6 is 24.0 Å². The van der Waals surface area contributed by atoms with E-state index in [1.807, 2.05) is 0 Å². The largest absolute Gasteiger partial charge is 0.229 e. The molecule has 0 aromatic rings. The Morgan fingerprint density at radius 2 is 1.17 bits per heavy atom. The van der Waals surface area contributed by atoms with Crippen molar-refractivity contribution in [1.82, 2.24) is 0 Å². The summed E-state index contributed by atoms with van der Waals surface area (Å²) in [7, 11) is -2.67. The molecule has 0 unspecified atom stereocenters. The lowest BCUT2D eigenvalue weighted by Gasteiger charge is -1.69. The van der Waals surface area contributed by atoms with Crippen LogP contribution in [0.5, 0.6) is 0 Å². The third-order valence-corrected chi connectivity index (χ3v) is 0. The van der Waals surface area contributed by atoms with Crippen LogP contribution in [0.4, 0.5) is 0 Å². The first-order valence-corrected chi connectivity index (χ1v) is 3.45. The molecule has 0 atom stereocenters. The average molecular weight is 222 g/mol. The zero-order valence-electron chi connectivity index (χ0n) is 3.63. The van der Waals surface area contributed by atoms with Gasteiger partial charge >= 0.3 is 0 Å². The maximum Gasteiger partial charge on any atom is 0.144 e. The highest BCUT2D eigenvalue weighted by Gasteiger charge is 1.79. The summed E-state index contributed by atoms with van der Waals surface area (Å²) in [5.74, 6) is 0. The Morgan fingerprint density at radius 3 is 1.17 bits per heavy atom. The van der Waals surface area contributed by atoms with Crippen LogP contribution in [-0.2, 0) is 9.84 Å². The van der Waals surface area contributed by atoms with Crippen molar-refractivity contribution in [2.24, 2.45) is 0 Å². The number of halogens is 1. The molecule has 0 fully saturated rings. The fourth-order valence-corrected chi connectivity index (χ4v) is 0. The van der Waals surface area contributed by atoms with Gasteiger partial charge in [-0.05, 0) is 0 Å². The van der Waals surface area contributed by atoms with E-state index < -0.39 is 9.84 Å². The van der Waals surface area contributed by atoms with Crippen LogP contribution in [0.3, 0.4) is 0 Å². The van der Waals surface area contributed by atoms with Crippen molar-refractivity contribution in [3.63, 3.8) is 0 Å². The first kappa shape index (κ1) is 9.84. The Morgan fingerprint density at radius 1 is 1.17 bits per heavy atom. The highest BCUT2D eigenvalue weighted by atomic mass is 127. The summed E-state index contributed by atoms with van der Waals surface area (Å²) < 4.78 is 19.3. The van der Waals surface area contributed by atoms with Crippen molar-refractivity contribution in [2.75, 3.05) is 12.5 Å². The van der Waals surface area contributed by atoms with Crippen molar-refractivity contribution in [3.05, 3.63) is 0 Å². The lowest BCUT2D eigenvalue weighted by Crippen LogP contribution is -1.86. The van der Waals surface area contributed by atoms with E-state index in [9.17, 15) is 8.42 Å². The molecular weight excluding hydrogens is 215 g/mol. The number of hydrogen-bond acceptors (Lipinski definition) is 2. The van der Waals surface area contributed by atoms with Gasteiger partial charge in [0.2, 0.25) is 0 Å². The van der Waals surface area contributed by atoms with Crippen molar-refractivity contribution >= 4 is 33.8 Å². The Kier molecular flexibility index (Phi) is 4.57. The Bertz CT molecular complexity index is 94.7. The lowest BCUT2D eigenvalue weighted by atomic mass is 11.9. The van der Waals surface area contributed by atoms with E-state index in [1.54, 1.807) is 0 Å². The molecule has 0 amide bonds. The van der Waals surface area contributed by atoms with E-state index in [-0.39, 0.29) is 24.0 Å². The molecule has 0 aliphatic rings. The highest BCUT2D eigenvalue weighted by molar-refractivity contribution is 14.0. The lowest BCUT2D eigenvalue weighted by molar-refractivity contribution is 0.607. The second-order valence-corrected chi connectivity index (χ2v) is 3.43. The van der Waals surface area contributed by atoms with Gasteiger partial charge in [-0.2, -0.15) is 0 Å². The van der Waals surface area contributed by atoms with E-state index in [1.165, 1.54) is 0 Å². The summed E-state index contributed by atoms with van der Waals surface area (Å²) in [4.78, 5) is 0. The van der Waals surface area contributed by atoms with Gasteiger partial charge in [-0.25, -0.2) is 8.42 Å². The van der Waals surface area contributed by atoms with Gasteiger partial charge in [0.15, 0.2) is 0 Å². The standard InChI is InChI=1S/C2H6O2S.HI/c1-5(2,3)4;/h1-2H3;1H. The molecule has 0 saturated heterocycles. The highest BCUT2D eigenvalue weighted by Crippen LogP contribution is 1.61. The van der Waals surface area contributed by atoms with Crippen LogP contribution in [0.2, 0.25) is 0 Å². The summed E-state index contributed by atoms with van der Waals surface area (Å²) in [6.45, 7) is 0. The smallest absolute Gasteiger partial charge is 0.144 e. The molecule has 0 aliphatic heterocycles. The van der Waals surface area contributed by atoms with Gasteiger partial charge < -0.3 is 0 Å². The van der Waals surface area contributed by atoms with Gasteiger partial charge in [0, 0.05) is 12.5 Å². The molecule has 0 heterocycles. The molecule has 4 heteroatoms. The minimum absolute atomic E-state index is 0. The van der Waals surface area contributed by atoms with E-state index in [0.717, 1.165) is 12.5 Å². The van der Waals surface area contributed by atoms with E-state index >= 15 is 0 Å². The SMILES string of the molecule is CS(C)(=O)=O.I. The summed E-state index contributed by atoms with van der Waals surface area (Å²) in [5, 5.41) is 0. The fourth-order valence-electron chi connectivity index (χ4n) is 0. The number of sulfone groups is 1. The Balaban J connectivity index is 0. The summed E-state index contributed by atoms with van der Waals surface area (Å²) in [6.07, 6.45) is 2.32. The summed E-state index contributed by atoms with van der Waals surface area (Å²) in [6, 6.07) is 0. The monoisotopic (exact) mass is 222 g/mol. The van der Waals surface area contributed by atoms with E-state index in [4.69, 9.17) is 0 Å². The molecule has 0 N–H and O–H groups in total. The van der Waals surface area contributed by atoms with Gasteiger partial charge in [-0.1, -0.05) is 0 Å². The number of rotatable bonds is 0. The van der Waals surface area contributed by atoms with Crippen LogP contribution in [-0.4, -0.2) is 20.9 Å². The molecule has 6 heavy (non-hydrogen) atoms. The van der Waals surface area contributed by atoms with Gasteiger partial charge in [-0.3, -0.25) is 0 Å². The van der Waals surface area contributed by atoms with Gasteiger partial charge in [0.1, 0.15) is 9.84 Å². The molecule has 40 valence electrons. The predicted octanol–water partition coefficient (Wildman–Crippen LogP) is 0.279. The average Bonchev–Trinajstić information content (AvgIpc) is 0.722. The van der Waals surface area contributed by atoms with Gasteiger partial charge in [0.05, 0.1) is 0 Å². The Labute approximate surface area is 54.9 Å². The first-order chi connectivity index (χ1) is 2.00. The van der Waals surface area contributed by atoms with Gasteiger partial charge in [-0.15, -0.1) is 24.0 Å². The molecule has 0 aromatic heterocycles. The molecule has 0 rings (SSSR count). The minimum Gasteiger partial charge on any atom is -0.229 e. The van der Waals surface area contributed by atoms with Crippen LogP contribution in [0.1, 0.15) is 0 Å². The fraction of sp³-hybridized carbons (Fsp3) is 1.00. The van der Waals surface area contributed by atoms with Crippen LogP contribution in [0.15, 0.2) is 0 Å². The summed E-state index contributed by atoms with van der Waals surface area (Å²) in [5.41, 5.74) is 0. The van der Waals surface area contributed by atoms with E-state index in [2.05, 4.69) is 0 Å². The van der Waals surface area contributed by atoms with Crippen LogP contribution in [0, 0.1) is 0 Å². The molecular formula is C2H7IO2S. The van der Waals surface area contributed by atoms with Crippen molar-refractivity contribution in [2.45, 2.75) is 0 Å². The zero-order valence-corrected chi connectivity index (χ0v) is 6.78. The molecule has 0 spiro atoms. The second-order valence-electron chi connectivity index (χ2n) is 1.14. The second kappa shape index (κ2) is 2.79. The third-order valence-electron chi connectivity index (χ3n) is 0. The van der Waals surface area contributed by atoms with E-state index in [0.29, 0.717) is 0 Å². The normalized spacial score (nSPS) is 9.67. The maximum atomic E-state index is 9.63. The third kappa shape index (κ3) is 137. The molecule has 0 bridgehead atoms. The molecule has 0 saturated carbocycles. The predicted molar refractivity (Wildman–Crippen MR) is 36.2 cm³/mol. The van der Waals surface area contributed by atoms with Crippen molar-refractivity contribution in [3.8, 4) is 0 Å². The maximum absolute atomic E-state index is 9.63. The minimum atomic E-state index is -2.67. The quantitative estimate of drug-likeness (QED) is 0.551. The van der Waals surface area contributed by atoms with Crippen molar-refractivity contribution in [1.29, 1.82) is 0 Å². The molecule has 0 aromatic carbocycles.